The van der Waals surface area contributed by atoms with Gasteiger partial charge in [-0.25, -0.2) is 13.4 Å². The molecule has 0 unspecified atom stereocenters. The second-order valence-corrected chi connectivity index (χ2v) is 11.7. The minimum Gasteiger partial charge on any atom is -0.459 e. The minimum absolute atomic E-state index is 0.000752. The Balaban J connectivity index is 1.64. The van der Waals surface area contributed by atoms with E-state index < -0.39 is 33.5 Å². The molecule has 3 aromatic rings. The van der Waals surface area contributed by atoms with E-state index in [1.54, 1.807) is 51.1 Å². The average Bonchev–Trinajstić information content (AvgIpc) is 3.25. The van der Waals surface area contributed by atoms with Crippen molar-refractivity contribution in [2.24, 2.45) is 0 Å². The third kappa shape index (κ3) is 8.14. The summed E-state index contributed by atoms with van der Waals surface area (Å²) in [5.74, 6) is -1.23. The summed E-state index contributed by atoms with van der Waals surface area (Å²) in [7, 11) is -4.02. The second kappa shape index (κ2) is 11.6. The number of nitrogens with two attached hydrogens (primary N) is 1. The molecule has 0 saturated heterocycles. The number of benzene rings is 2. The number of aromatic nitrogens is 1. The van der Waals surface area contributed by atoms with Gasteiger partial charge in [0, 0.05) is 17.5 Å². The Hall–Kier alpha value is -3.28. The minimum atomic E-state index is -4.02. The molecule has 0 aliphatic heterocycles. The number of rotatable bonds is 10. The highest BCUT2D eigenvalue weighted by Crippen LogP contribution is 2.15. The van der Waals surface area contributed by atoms with E-state index in [2.05, 4.69) is 15.0 Å². The third-order valence-electron chi connectivity index (χ3n) is 4.96. The first-order valence-electron chi connectivity index (χ1n) is 11.3. The van der Waals surface area contributed by atoms with Crippen LogP contribution in [0.2, 0.25) is 0 Å². The fourth-order valence-electron chi connectivity index (χ4n) is 3.23. The summed E-state index contributed by atoms with van der Waals surface area (Å²) in [4.78, 5) is 29.7. The van der Waals surface area contributed by atoms with Crippen LogP contribution in [0.25, 0.3) is 0 Å². The average molecular weight is 531 g/mol. The molecule has 3 rings (SSSR count). The summed E-state index contributed by atoms with van der Waals surface area (Å²) in [5.41, 5.74) is 7.15. The van der Waals surface area contributed by atoms with Crippen LogP contribution >= 0.6 is 11.3 Å². The molecule has 0 spiro atoms. The van der Waals surface area contributed by atoms with E-state index in [0.29, 0.717) is 10.7 Å². The maximum absolute atomic E-state index is 12.8. The maximum atomic E-state index is 12.8. The molecular formula is C25H30N4O5S2. The summed E-state index contributed by atoms with van der Waals surface area (Å²) < 4.78 is 33.3. The number of thiazole rings is 1. The first-order valence-corrected chi connectivity index (χ1v) is 13.7. The van der Waals surface area contributed by atoms with Gasteiger partial charge in [-0.05, 0) is 63.4 Å². The lowest BCUT2D eigenvalue weighted by Crippen LogP contribution is -2.50. The molecule has 4 N–H and O–H groups in total. The molecular weight excluding hydrogens is 500 g/mol. The normalized spacial score (nSPS) is 12.6. The Labute approximate surface area is 215 Å². The summed E-state index contributed by atoms with van der Waals surface area (Å²) in [6.07, 6.45) is 1.48. The van der Waals surface area contributed by atoms with E-state index in [0.717, 1.165) is 24.1 Å². The van der Waals surface area contributed by atoms with Gasteiger partial charge in [0.05, 0.1) is 10.6 Å². The van der Waals surface area contributed by atoms with Gasteiger partial charge in [0.15, 0.2) is 5.13 Å². The van der Waals surface area contributed by atoms with Crippen molar-refractivity contribution in [2.75, 3.05) is 12.3 Å². The first kappa shape index (κ1) is 27.3. The molecule has 192 valence electrons. The van der Waals surface area contributed by atoms with E-state index in [9.17, 15) is 18.0 Å². The van der Waals surface area contributed by atoms with Gasteiger partial charge in [-0.15, -0.1) is 11.3 Å². The highest BCUT2D eigenvalue weighted by molar-refractivity contribution is 7.89. The van der Waals surface area contributed by atoms with Crippen molar-refractivity contribution in [2.45, 2.75) is 50.2 Å². The number of nitrogen functional groups attached to an aromatic ring is 1. The SMILES string of the molecule is CC(C)(C)OC(=O)[C@H](CNC(=O)c1ccc(CCc2csc(N)n2)cc1)NS(=O)(=O)c1ccccc1. The molecule has 1 heterocycles. The molecule has 1 atom stereocenters. The zero-order valence-corrected chi connectivity index (χ0v) is 22.0. The summed E-state index contributed by atoms with van der Waals surface area (Å²) in [5, 5.41) is 5.09. The number of nitrogens with one attached hydrogen (secondary N) is 2. The van der Waals surface area contributed by atoms with Crippen LogP contribution in [0.1, 0.15) is 42.4 Å². The molecule has 2 aromatic carbocycles. The van der Waals surface area contributed by atoms with E-state index in [1.165, 1.54) is 23.5 Å². The summed E-state index contributed by atoms with van der Waals surface area (Å²) in [6.45, 7) is 4.75. The van der Waals surface area contributed by atoms with Crippen LogP contribution < -0.4 is 15.8 Å². The van der Waals surface area contributed by atoms with Crippen molar-refractivity contribution in [1.29, 1.82) is 0 Å². The molecule has 11 heteroatoms. The number of sulfonamides is 1. The largest absolute Gasteiger partial charge is 0.459 e. The molecule has 0 aliphatic rings. The number of carbonyl (C=O) groups is 2. The Bertz CT molecular complexity index is 1280. The molecule has 9 nitrogen and oxygen atoms in total. The number of hydrogen-bond donors (Lipinski definition) is 3. The fourth-order valence-corrected chi connectivity index (χ4v) is 5.03. The fraction of sp³-hybridized carbons (Fsp3) is 0.320. The van der Waals surface area contributed by atoms with Crippen LogP contribution in [0.4, 0.5) is 5.13 Å². The van der Waals surface area contributed by atoms with Gasteiger partial charge in [0.2, 0.25) is 10.0 Å². The molecule has 1 aromatic heterocycles. The monoisotopic (exact) mass is 530 g/mol. The Kier molecular flexibility index (Phi) is 8.83. The van der Waals surface area contributed by atoms with E-state index in [1.807, 2.05) is 17.5 Å². The van der Waals surface area contributed by atoms with Crippen LogP contribution in [-0.4, -0.2) is 43.5 Å². The topological polar surface area (TPSA) is 140 Å². The Morgan fingerprint density at radius 2 is 1.72 bits per heavy atom. The molecule has 0 fully saturated rings. The zero-order chi connectivity index (χ0) is 26.3. The number of esters is 1. The Morgan fingerprint density at radius 1 is 1.06 bits per heavy atom. The predicted octanol–water partition coefficient (Wildman–Crippen LogP) is 2.93. The van der Waals surface area contributed by atoms with Gasteiger partial charge in [0.25, 0.3) is 5.91 Å². The lowest BCUT2D eigenvalue weighted by atomic mass is 10.1. The van der Waals surface area contributed by atoms with Crippen molar-refractivity contribution < 1.29 is 22.7 Å². The van der Waals surface area contributed by atoms with E-state index in [-0.39, 0.29) is 11.4 Å². The molecule has 0 radical (unpaired) electrons. The smallest absolute Gasteiger partial charge is 0.326 e. The van der Waals surface area contributed by atoms with Crippen LogP contribution in [0, 0.1) is 0 Å². The first-order chi connectivity index (χ1) is 16.9. The summed E-state index contributed by atoms with van der Waals surface area (Å²) >= 11 is 1.40. The molecule has 36 heavy (non-hydrogen) atoms. The van der Waals surface area contributed by atoms with Crippen molar-refractivity contribution in [1.82, 2.24) is 15.0 Å². The van der Waals surface area contributed by atoms with Gasteiger partial charge >= 0.3 is 5.97 Å². The lowest BCUT2D eigenvalue weighted by molar-refractivity contribution is -0.156. The third-order valence-corrected chi connectivity index (χ3v) is 7.17. The van der Waals surface area contributed by atoms with E-state index in [4.69, 9.17) is 10.5 Å². The van der Waals surface area contributed by atoms with Crippen molar-refractivity contribution in [3.63, 3.8) is 0 Å². The van der Waals surface area contributed by atoms with Crippen molar-refractivity contribution >= 4 is 38.4 Å². The number of amides is 1. The molecule has 0 aliphatic carbocycles. The summed E-state index contributed by atoms with van der Waals surface area (Å²) in [6, 6.07) is 13.4. The number of nitrogens with zero attached hydrogens (tertiary/aromatic N) is 1. The number of carbonyl (C=O) groups excluding carboxylic acids is 2. The number of aryl methyl sites for hydroxylation is 2. The number of hydrogen-bond acceptors (Lipinski definition) is 8. The van der Waals surface area contributed by atoms with Crippen LogP contribution in [0.15, 0.2) is 64.9 Å². The Morgan fingerprint density at radius 3 is 2.31 bits per heavy atom. The highest BCUT2D eigenvalue weighted by atomic mass is 32.2. The molecule has 1 amide bonds. The number of ether oxygens (including phenoxy) is 1. The van der Waals surface area contributed by atoms with Gasteiger partial charge in [0.1, 0.15) is 11.6 Å². The van der Waals surface area contributed by atoms with Gasteiger partial charge < -0.3 is 15.8 Å². The quantitative estimate of drug-likeness (QED) is 0.342. The van der Waals surface area contributed by atoms with Crippen LogP contribution in [-0.2, 0) is 32.4 Å². The lowest BCUT2D eigenvalue weighted by Gasteiger charge is -2.24. The predicted molar refractivity (Wildman–Crippen MR) is 139 cm³/mol. The van der Waals surface area contributed by atoms with Crippen LogP contribution in [0.3, 0.4) is 0 Å². The van der Waals surface area contributed by atoms with Crippen LogP contribution in [0.5, 0.6) is 0 Å². The standard InChI is InChI=1S/C25H30N4O5S2/c1-25(2,3)34-23(31)21(29-36(32,33)20-7-5-4-6-8-20)15-27-22(30)18-12-9-17(10-13-18)11-14-19-16-35-24(26)28-19/h4-10,12-13,16,21,29H,11,14-15H2,1-3H3,(H2,26,28)(H,27,30)/t21-/m0/s1. The van der Waals surface area contributed by atoms with Gasteiger partial charge in [-0.1, -0.05) is 30.3 Å². The second-order valence-electron chi connectivity index (χ2n) is 9.10. The molecule has 0 bridgehead atoms. The number of anilines is 1. The zero-order valence-electron chi connectivity index (χ0n) is 20.4. The van der Waals surface area contributed by atoms with E-state index >= 15 is 0 Å². The maximum Gasteiger partial charge on any atom is 0.326 e. The van der Waals surface area contributed by atoms with Crippen molar-refractivity contribution in [3.8, 4) is 0 Å². The van der Waals surface area contributed by atoms with Crippen molar-refractivity contribution in [3.05, 3.63) is 76.8 Å². The molecule has 0 saturated carbocycles. The highest BCUT2D eigenvalue weighted by Gasteiger charge is 2.30. The van der Waals surface area contributed by atoms with Gasteiger partial charge in [-0.2, -0.15) is 4.72 Å². The van der Waals surface area contributed by atoms with Gasteiger partial charge in [-0.3, -0.25) is 9.59 Å².